The number of para-hydroxylation sites is 2. The average molecular weight is 558 g/mol. The largest absolute Gasteiger partial charge is 0.354 e. The van der Waals surface area contributed by atoms with Crippen LogP contribution in [0.2, 0.25) is 5.02 Å². The van der Waals surface area contributed by atoms with Crippen molar-refractivity contribution < 1.29 is 4.79 Å². The number of aromatic nitrogens is 2. The number of carbonyl (C=O) groups is 1. The molecule has 6 nitrogen and oxygen atoms in total. The Labute approximate surface area is 239 Å². The Kier molecular flexibility index (Phi) is 8.00. The van der Waals surface area contributed by atoms with Gasteiger partial charge < -0.3 is 9.80 Å². The second-order valence-electron chi connectivity index (χ2n) is 10.1. The van der Waals surface area contributed by atoms with E-state index in [1.54, 1.807) is 0 Å². The standard InChI is InChI=1S/C31H32ClN5OS/c32-25-14-12-24(13-15-25)29(23-8-2-1-3-9-23)36-20-18-35(19-21-36)28(38)22-39-31-30(37-16-6-7-17-37)33-26-10-4-5-11-27(26)34-31/h1-5,8-15,29H,6-7,16-22H2/t29-/m0/s1. The number of amides is 1. The maximum atomic E-state index is 13.3. The van der Waals surface area contributed by atoms with Crippen LogP contribution in [0.4, 0.5) is 5.82 Å². The summed E-state index contributed by atoms with van der Waals surface area (Å²) >= 11 is 7.70. The lowest BCUT2D eigenvalue weighted by molar-refractivity contribution is -0.130. The van der Waals surface area contributed by atoms with Gasteiger partial charge in [0.15, 0.2) is 5.82 Å². The summed E-state index contributed by atoms with van der Waals surface area (Å²) in [6.45, 7) is 5.03. The Morgan fingerprint density at radius 3 is 2.08 bits per heavy atom. The smallest absolute Gasteiger partial charge is 0.233 e. The summed E-state index contributed by atoms with van der Waals surface area (Å²) in [5, 5.41) is 1.59. The molecular weight excluding hydrogens is 526 g/mol. The number of hydrogen-bond acceptors (Lipinski definition) is 6. The Morgan fingerprint density at radius 2 is 1.38 bits per heavy atom. The van der Waals surface area contributed by atoms with Crippen LogP contribution in [0.3, 0.4) is 0 Å². The quantitative estimate of drug-likeness (QED) is 0.263. The van der Waals surface area contributed by atoms with E-state index >= 15 is 0 Å². The normalized spacial score (nSPS) is 17.1. The topological polar surface area (TPSA) is 52.6 Å². The lowest BCUT2D eigenvalue weighted by atomic mass is 9.96. The van der Waals surface area contributed by atoms with Gasteiger partial charge in [-0.1, -0.05) is 78.0 Å². The predicted octanol–water partition coefficient (Wildman–Crippen LogP) is 5.91. The minimum Gasteiger partial charge on any atom is -0.354 e. The molecule has 0 N–H and O–H groups in total. The van der Waals surface area contributed by atoms with Gasteiger partial charge in [0.2, 0.25) is 5.91 Å². The molecule has 0 spiro atoms. The number of fused-ring (bicyclic) bond motifs is 1. The molecule has 4 aromatic rings. The molecule has 2 aliphatic rings. The Bertz CT molecular complexity index is 1420. The van der Waals surface area contributed by atoms with Crippen LogP contribution in [0.5, 0.6) is 0 Å². The van der Waals surface area contributed by atoms with E-state index < -0.39 is 0 Å². The summed E-state index contributed by atoms with van der Waals surface area (Å²) < 4.78 is 0. The van der Waals surface area contributed by atoms with Crippen molar-refractivity contribution in [2.45, 2.75) is 23.9 Å². The van der Waals surface area contributed by atoms with Gasteiger partial charge in [-0.05, 0) is 48.2 Å². The monoisotopic (exact) mass is 557 g/mol. The molecule has 1 amide bonds. The second-order valence-corrected chi connectivity index (χ2v) is 11.5. The first-order valence-corrected chi connectivity index (χ1v) is 15.0. The summed E-state index contributed by atoms with van der Waals surface area (Å²) in [4.78, 5) is 30.0. The van der Waals surface area contributed by atoms with E-state index in [-0.39, 0.29) is 11.9 Å². The van der Waals surface area contributed by atoms with Crippen LogP contribution in [-0.4, -0.2) is 70.7 Å². The maximum absolute atomic E-state index is 13.3. The molecule has 2 fully saturated rings. The highest BCUT2D eigenvalue weighted by molar-refractivity contribution is 8.00. The molecule has 200 valence electrons. The molecule has 1 aromatic heterocycles. The summed E-state index contributed by atoms with van der Waals surface area (Å²) in [7, 11) is 0. The molecule has 1 atom stereocenters. The molecule has 39 heavy (non-hydrogen) atoms. The Morgan fingerprint density at radius 1 is 0.769 bits per heavy atom. The van der Waals surface area contributed by atoms with Crippen molar-refractivity contribution >= 4 is 46.1 Å². The summed E-state index contributed by atoms with van der Waals surface area (Å²) in [5.74, 6) is 1.44. The molecule has 6 rings (SSSR count). The van der Waals surface area contributed by atoms with Crippen LogP contribution in [0.25, 0.3) is 11.0 Å². The summed E-state index contributed by atoms with van der Waals surface area (Å²) in [6, 6.07) is 26.8. The lowest BCUT2D eigenvalue weighted by Crippen LogP contribution is -2.50. The SMILES string of the molecule is O=C(CSc1nc2ccccc2nc1N1CCCC1)N1CCN([C@@H](c2ccccc2)c2ccc(Cl)cc2)CC1. The fourth-order valence-electron chi connectivity index (χ4n) is 5.55. The Balaban J connectivity index is 1.13. The van der Waals surface area contributed by atoms with Crippen molar-refractivity contribution in [3.05, 3.63) is 95.0 Å². The minimum atomic E-state index is 0.131. The zero-order valence-electron chi connectivity index (χ0n) is 21.9. The number of anilines is 1. The van der Waals surface area contributed by atoms with Gasteiger partial charge in [-0.15, -0.1) is 0 Å². The molecule has 0 bridgehead atoms. The molecule has 0 unspecified atom stereocenters. The van der Waals surface area contributed by atoms with Crippen molar-refractivity contribution in [1.29, 1.82) is 0 Å². The molecule has 2 aliphatic heterocycles. The number of nitrogens with zero attached hydrogens (tertiary/aromatic N) is 5. The molecule has 0 radical (unpaired) electrons. The van der Waals surface area contributed by atoms with Crippen molar-refractivity contribution in [3.8, 4) is 0 Å². The van der Waals surface area contributed by atoms with Crippen LogP contribution < -0.4 is 4.90 Å². The van der Waals surface area contributed by atoms with Gasteiger partial charge in [0.05, 0.1) is 22.8 Å². The summed E-state index contributed by atoms with van der Waals surface area (Å²) in [6.07, 6.45) is 2.34. The van der Waals surface area contributed by atoms with E-state index in [1.165, 1.54) is 35.7 Å². The fraction of sp³-hybridized carbons (Fsp3) is 0.323. The number of thioether (sulfide) groups is 1. The number of rotatable bonds is 7. The number of piperazine rings is 1. The van der Waals surface area contributed by atoms with Crippen LogP contribution in [0.15, 0.2) is 83.9 Å². The third kappa shape index (κ3) is 5.91. The van der Waals surface area contributed by atoms with Gasteiger partial charge in [0.25, 0.3) is 0 Å². The predicted molar refractivity (Wildman–Crippen MR) is 160 cm³/mol. The Hall–Kier alpha value is -3.13. The van der Waals surface area contributed by atoms with Gasteiger partial charge in [0.1, 0.15) is 5.03 Å². The number of hydrogen-bond donors (Lipinski definition) is 0. The van der Waals surface area contributed by atoms with Crippen molar-refractivity contribution in [1.82, 2.24) is 19.8 Å². The van der Waals surface area contributed by atoms with E-state index in [9.17, 15) is 4.79 Å². The second kappa shape index (κ2) is 11.9. The molecule has 3 heterocycles. The van der Waals surface area contributed by atoms with E-state index in [0.717, 1.165) is 53.1 Å². The zero-order chi connectivity index (χ0) is 26.6. The molecule has 0 aliphatic carbocycles. The first kappa shape index (κ1) is 26.1. The van der Waals surface area contributed by atoms with Crippen LogP contribution >= 0.6 is 23.4 Å². The average Bonchev–Trinajstić information content (AvgIpc) is 3.52. The van der Waals surface area contributed by atoms with E-state index in [1.807, 2.05) is 47.4 Å². The number of carbonyl (C=O) groups excluding carboxylic acids is 1. The number of halogens is 1. The minimum absolute atomic E-state index is 0.131. The third-order valence-electron chi connectivity index (χ3n) is 7.59. The lowest BCUT2D eigenvalue weighted by Gasteiger charge is -2.39. The first-order chi connectivity index (χ1) is 19.2. The van der Waals surface area contributed by atoms with Crippen molar-refractivity contribution in [3.63, 3.8) is 0 Å². The van der Waals surface area contributed by atoms with Crippen molar-refractivity contribution in [2.24, 2.45) is 0 Å². The highest BCUT2D eigenvalue weighted by Gasteiger charge is 2.29. The highest BCUT2D eigenvalue weighted by atomic mass is 35.5. The first-order valence-electron chi connectivity index (χ1n) is 13.6. The molecule has 0 saturated carbocycles. The molecule has 2 saturated heterocycles. The van der Waals surface area contributed by atoms with Crippen LogP contribution in [-0.2, 0) is 4.79 Å². The molecule has 8 heteroatoms. The third-order valence-corrected chi connectivity index (χ3v) is 8.78. The highest BCUT2D eigenvalue weighted by Crippen LogP contribution is 2.33. The molecular formula is C31H32ClN5OS. The van der Waals surface area contributed by atoms with Crippen LogP contribution in [0.1, 0.15) is 30.0 Å². The zero-order valence-corrected chi connectivity index (χ0v) is 23.4. The van der Waals surface area contributed by atoms with Gasteiger partial charge >= 0.3 is 0 Å². The van der Waals surface area contributed by atoms with Gasteiger partial charge in [-0.25, -0.2) is 9.97 Å². The van der Waals surface area contributed by atoms with Crippen molar-refractivity contribution in [2.75, 3.05) is 49.9 Å². The van der Waals surface area contributed by atoms with Crippen LogP contribution in [0, 0.1) is 0 Å². The van der Waals surface area contributed by atoms with Gasteiger partial charge in [-0.3, -0.25) is 9.69 Å². The maximum Gasteiger partial charge on any atom is 0.233 e. The number of benzene rings is 3. The van der Waals surface area contributed by atoms with Gasteiger partial charge in [-0.2, -0.15) is 0 Å². The molecule has 3 aromatic carbocycles. The fourth-order valence-corrected chi connectivity index (χ4v) is 6.59. The van der Waals surface area contributed by atoms with Gasteiger partial charge in [0, 0.05) is 44.3 Å². The van der Waals surface area contributed by atoms with E-state index in [0.29, 0.717) is 18.8 Å². The van der Waals surface area contributed by atoms with E-state index in [4.69, 9.17) is 21.6 Å². The van der Waals surface area contributed by atoms with E-state index in [2.05, 4.69) is 46.2 Å². The summed E-state index contributed by atoms with van der Waals surface area (Å²) in [5.41, 5.74) is 4.24.